The average molecular weight is 196 g/mol. The van der Waals surface area contributed by atoms with E-state index in [-0.39, 0.29) is 0 Å². The Kier molecular flexibility index (Phi) is 7.05. The van der Waals surface area contributed by atoms with Gasteiger partial charge >= 0.3 is 0 Å². The fraction of sp³-hybridized carbons (Fsp3) is 1.00. The molecule has 0 aliphatic carbocycles. The van der Waals surface area contributed by atoms with Gasteiger partial charge in [-0.3, -0.25) is 0 Å². The molecule has 0 bridgehead atoms. The summed E-state index contributed by atoms with van der Waals surface area (Å²) in [7, 11) is 2.61. The van der Waals surface area contributed by atoms with Crippen molar-refractivity contribution in [1.29, 1.82) is 0 Å². The fourth-order valence-corrected chi connectivity index (χ4v) is 4.99. The molecule has 1 heterocycles. The topological polar surface area (TPSA) is 0 Å². The Morgan fingerprint density at radius 2 is 0.750 bits per heavy atom. The molecule has 0 amide bonds. The minimum atomic E-state index is 1.31. The quantitative estimate of drug-likeness (QED) is 0.522. The summed E-state index contributed by atoms with van der Waals surface area (Å²) in [6.45, 7) is 0. The lowest BCUT2D eigenvalue weighted by molar-refractivity contribution is 0.583. The maximum Gasteiger partial charge on any atom is 0.0222 e. The van der Waals surface area contributed by atoms with Crippen LogP contribution in [0.2, 0.25) is 12.1 Å². The molecule has 1 rings (SSSR count). The van der Waals surface area contributed by atoms with Crippen LogP contribution in [-0.4, -0.2) is 18.1 Å². The van der Waals surface area contributed by atoms with Crippen LogP contribution in [0, 0.1) is 0 Å². The van der Waals surface area contributed by atoms with Gasteiger partial charge in [0.15, 0.2) is 0 Å². The predicted molar refractivity (Wildman–Crippen MR) is 58.1 cm³/mol. The van der Waals surface area contributed by atoms with Crippen LogP contribution in [-0.2, 0) is 0 Å². The van der Waals surface area contributed by atoms with Crippen LogP contribution >= 0.6 is 0 Å². The molecule has 68 valence electrons. The molecule has 0 spiro atoms. The average Bonchev–Trinajstić information content (AvgIpc) is 2.05. The monoisotopic (exact) mass is 196 g/mol. The first-order valence-electron chi connectivity index (χ1n) is 5.46. The van der Waals surface area contributed by atoms with Gasteiger partial charge in [0.2, 0.25) is 0 Å². The van der Waals surface area contributed by atoms with Crippen LogP contribution in [0.5, 0.6) is 0 Å². The Morgan fingerprint density at radius 3 is 1.17 bits per heavy atom. The maximum absolute atomic E-state index is 1.54. The zero-order valence-corrected chi connectivity index (χ0v) is 10.1. The zero-order chi connectivity index (χ0) is 8.49. The van der Waals surface area contributed by atoms with Gasteiger partial charge < -0.3 is 0 Å². The van der Waals surface area contributed by atoms with Crippen molar-refractivity contribution in [1.82, 2.24) is 0 Å². The van der Waals surface area contributed by atoms with Gasteiger partial charge in [0, 0.05) is 18.1 Å². The summed E-state index contributed by atoms with van der Waals surface area (Å²) in [4.78, 5) is 0. The number of rotatable bonds is 0. The summed E-state index contributed by atoms with van der Waals surface area (Å²) in [5, 5.41) is 0. The fourth-order valence-electron chi connectivity index (χ4n) is 1.66. The SMILES string of the molecule is C1CCCCC[Si][Si]CCCC1. The third-order valence-electron chi connectivity index (χ3n) is 2.48. The highest BCUT2D eigenvalue weighted by molar-refractivity contribution is 7.00. The van der Waals surface area contributed by atoms with Crippen molar-refractivity contribution < 1.29 is 0 Å². The Balaban J connectivity index is 2.00. The van der Waals surface area contributed by atoms with Crippen LogP contribution in [0.25, 0.3) is 0 Å². The highest BCUT2D eigenvalue weighted by Crippen LogP contribution is 2.11. The van der Waals surface area contributed by atoms with E-state index in [2.05, 4.69) is 0 Å². The van der Waals surface area contributed by atoms with Crippen molar-refractivity contribution >= 4 is 18.1 Å². The highest BCUT2D eigenvalue weighted by Gasteiger charge is 1.97. The molecule has 0 saturated carbocycles. The summed E-state index contributed by atoms with van der Waals surface area (Å²) in [5.74, 6) is 0. The van der Waals surface area contributed by atoms with Gasteiger partial charge in [-0.05, 0) is 0 Å². The van der Waals surface area contributed by atoms with Gasteiger partial charge in [-0.1, -0.05) is 63.5 Å². The van der Waals surface area contributed by atoms with E-state index in [0.29, 0.717) is 0 Å². The molecule has 2 heteroatoms. The van der Waals surface area contributed by atoms with E-state index in [9.17, 15) is 0 Å². The lowest BCUT2D eigenvalue weighted by Gasteiger charge is -2.04. The minimum Gasteiger partial charge on any atom is -0.0638 e. The van der Waals surface area contributed by atoms with Crippen LogP contribution < -0.4 is 0 Å². The Bertz CT molecular complexity index is 50.8. The van der Waals surface area contributed by atoms with Crippen molar-refractivity contribution in [2.75, 3.05) is 0 Å². The van der Waals surface area contributed by atoms with Crippen molar-refractivity contribution in [3.63, 3.8) is 0 Å². The van der Waals surface area contributed by atoms with E-state index in [1.54, 1.807) is 12.1 Å². The van der Waals surface area contributed by atoms with E-state index in [1.807, 2.05) is 0 Å². The highest BCUT2D eigenvalue weighted by atomic mass is 29.1. The predicted octanol–water partition coefficient (Wildman–Crippen LogP) is 3.28. The van der Waals surface area contributed by atoms with Crippen molar-refractivity contribution in [3.05, 3.63) is 0 Å². The summed E-state index contributed by atoms with van der Waals surface area (Å²) < 4.78 is 0. The first-order chi connectivity index (χ1) is 6.00. The Hall–Kier alpha value is 0.434. The van der Waals surface area contributed by atoms with E-state index in [0.717, 1.165) is 0 Å². The third kappa shape index (κ3) is 6.01. The second kappa shape index (κ2) is 8.05. The molecule has 0 nitrogen and oxygen atoms in total. The van der Waals surface area contributed by atoms with Crippen molar-refractivity contribution in [2.24, 2.45) is 0 Å². The summed E-state index contributed by atoms with van der Waals surface area (Å²) in [6, 6.07) is 3.08. The zero-order valence-electron chi connectivity index (χ0n) is 8.07. The summed E-state index contributed by atoms with van der Waals surface area (Å²) in [6.07, 6.45) is 12.1. The van der Waals surface area contributed by atoms with E-state index in [1.165, 1.54) is 69.4 Å². The van der Waals surface area contributed by atoms with Crippen molar-refractivity contribution in [2.45, 2.75) is 63.5 Å². The van der Waals surface area contributed by atoms with Gasteiger partial charge in [-0.25, -0.2) is 0 Å². The molecule has 0 N–H and O–H groups in total. The lowest BCUT2D eigenvalue weighted by atomic mass is 10.1. The van der Waals surface area contributed by atoms with Crippen LogP contribution in [0.4, 0.5) is 0 Å². The van der Waals surface area contributed by atoms with E-state index >= 15 is 0 Å². The molecule has 0 aromatic heterocycles. The van der Waals surface area contributed by atoms with Crippen molar-refractivity contribution in [3.8, 4) is 0 Å². The maximum atomic E-state index is 1.54. The normalized spacial score (nSPS) is 24.0. The largest absolute Gasteiger partial charge is 0.0638 e. The molecule has 0 aromatic rings. The lowest BCUT2D eigenvalue weighted by Crippen LogP contribution is -2.02. The van der Waals surface area contributed by atoms with Gasteiger partial charge in [0.1, 0.15) is 0 Å². The van der Waals surface area contributed by atoms with Gasteiger partial charge in [0.05, 0.1) is 0 Å². The smallest absolute Gasteiger partial charge is 0.0222 e. The molecule has 1 aliphatic heterocycles. The van der Waals surface area contributed by atoms with Gasteiger partial charge in [0.25, 0.3) is 0 Å². The minimum absolute atomic E-state index is 1.31. The molecule has 12 heavy (non-hydrogen) atoms. The van der Waals surface area contributed by atoms with Crippen LogP contribution in [0.15, 0.2) is 0 Å². The molecular weight excluding hydrogens is 176 g/mol. The second-order valence-corrected chi connectivity index (χ2v) is 7.51. The van der Waals surface area contributed by atoms with Crippen LogP contribution in [0.3, 0.4) is 0 Å². The number of hydrogen-bond acceptors (Lipinski definition) is 0. The molecule has 0 unspecified atom stereocenters. The van der Waals surface area contributed by atoms with E-state index < -0.39 is 0 Å². The second-order valence-electron chi connectivity index (χ2n) is 3.68. The standard InChI is InChI=1S/C10H20Si2/c1-2-4-6-8-10-12-11-9-7-5-3-1/h1-10H2. The summed E-state index contributed by atoms with van der Waals surface area (Å²) in [5.41, 5.74) is 0. The first-order valence-corrected chi connectivity index (χ1v) is 8.87. The summed E-state index contributed by atoms with van der Waals surface area (Å²) >= 11 is 0. The molecule has 0 atom stereocenters. The van der Waals surface area contributed by atoms with Gasteiger partial charge in [-0.15, -0.1) is 0 Å². The van der Waals surface area contributed by atoms with Crippen LogP contribution in [0.1, 0.15) is 51.4 Å². The third-order valence-corrected chi connectivity index (χ3v) is 6.19. The Morgan fingerprint density at radius 1 is 0.417 bits per heavy atom. The first kappa shape index (κ1) is 10.5. The number of hydrogen-bond donors (Lipinski definition) is 0. The molecule has 1 aliphatic rings. The molecule has 0 aromatic carbocycles. The Labute approximate surface area is 82.0 Å². The molecule has 1 fully saturated rings. The molecular formula is C10H20Si2. The van der Waals surface area contributed by atoms with E-state index in [4.69, 9.17) is 0 Å². The molecule has 4 radical (unpaired) electrons. The van der Waals surface area contributed by atoms with Gasteiger partial charge in [-0.2, -0.15) is 0 Å². The molecule has 1 saturated heterocycles.